The lowest BCUT2D eigenvalue weighted by atomic mass is 10.1. The molecule has 2 heterocycles. The first-order valence-corrected chi connectivity index (χ1v) is 6.62. The fourth-order valence-electron chi connectivity index (χ4n) is 2.34. The molecule has 0 aliphatic carbocycles. The molecular weight excluding hydrogens is 264 g/mol. The summed E-state index contributed by atoms with van der Waals surface area (Å²) in [4.78, 5) is 6.58. The Morgan fingerprint density at radius 3 is 2.84 bits per heavy atom. The van der Waals surface area contributed by atoms with Crippen molar-refractivity contribution in [1.29, 1.82) is 0 Å². The van der Waals surface area contributed by atoms with Gasteiger partial charge in [-0.15, -0.1) is 0 Å². The quantitative estimate of drug-likeness (QED) is 0.846. The zero-order valence-electron chi connectivity index (χ0n) is 10.7. The summed E-state index contributed by atoms with van der Waals surface area (Å²) in [6.07, 6.45) is 1.71. The van der Waals surface area contributed by atoms with Crippen LogP contribution in [0.4, 0.5) is 5.69 Å². The van der Waals surface area contributed by atoms with Crippen molar-refractivity contribution in [3.63, 3.8) is 0 Å². The zero-order valence-corrected chi connectivity index (χ0v) is 11.5. The average molecular weight is 279 g/mol. The summed E-state index contributed by atoms with van der Waals surface area (Å²) in [5, 5.41) is 1.66. The van der Waals surface area contributed by atoms with Gasteiger partial charge in [0.25, 0.3) is 0 Å². The van der Waals surface area contributed by atoms with Gasteiger partial charge in [0.1, 0.15) is 5.75 Å². The summed E-state index contributed by atoms with van der Waals surface area (Å²) in [6.45, 7) is 3.20. The minimum Gasteiger partial charge on any atom is -0.495 e. The lowest BCUT2D eigenvalue weighted by Crippen LogP contribution is -2.36. The van der Waals surface area contributed by atoms with Crippen molar-refractivity contribution in [2.75, 3.05) is 38.3 Å². The number of benzene rings is 1. The molecular formula is C14H15ClN2O2. The number of pyridine rings is 1. The summed E-state index contributed by atoms with van der Waals surface area (Å²) in [6, 6.07) is 5.79. The number of anilines is 1. The predicted molar refractivity (Wildman–Crippen MR) is 76.3 cm³/mol. The Morgan fingerprint density at radius 1 is 1.32 bits per heavy atom. The van der Waals surface area contributed by atoms with Crippen molar-refractivity contribution in [2.24, 2.45) is 0 Å². The highest BCUT2D eigenvalue weighted by Gasteiger charge is 2.17. The van der Waals surface area contributed by atoms with Gasteiger partial charge in [0.05, 0.1) is 36.6 Å². The second-order valence-electron chi connectivity index (χ2n) is 4.43. The maximum atomic E-state index is 6.24. The summed E-state index contributed by atoms with van der Waals surface area (Å²) in [5.41, 5.74) is 1.90. The molecule has 1 saturated heterocycles. The van der Waals surface area contributed by atoms with Crippen molar-refractivity contribution in [3.8, 4) is 5.75 Å². The second-order valence-corrected chi connectivity index (χ2v) is 4.84. The lowest BCUT2D eigenvalue weighted by Gasteiger charge is -2.30. The molecule has 0 amide bonds. The molecule has 0 unspecified atom stereocenters. The Bertz CT molecular complexity index is 597. The van der Waals surface area contributed by atoms with E-state index in [4.69, 9.17) is 21.1 Å². The van der Waals surface area contributed by atoms with E-state index >= 15 is 0 Å². The van der Waals surface area contributed by atoms with Gasteiger partial charge in [-0.1, -0.05) is 11.6 Å². The highest BCUT2D eigenvalue weighted by atomic mass is 35.5. The van der Waals surface area contributed by atoms with Crippen LogP contribution in [0.3, 0.4) is 0 Å². The number of hydrogen-bond acceptors (Lipinski definition) is 4. The van der Waals surface area contributed by atoms with Crippen LogP contribution in [-0.4, -0.2) is 38.4 Å². The van der Waals surface area contributed by atoms with Gasteiger partial charge in [0.15, 0.2) is 0 Å². The first-order valence-electron chi connectivity index (χ1n) is 6.24. The molecule has 1 aromatic carbocycles. The Hall–Kier alpha value is -1.52. The summed E-state index contributed by atoms with van der Waals surface area (Å²) >= 11 is 6.24. The maximum Gasteiger partial charge on any atom is 0.144 e. The Kier molecular flexibility index (Phi) is 3.44. The second kappa shape index (κ2) is 5.23. The van der Waals surface area contributed by atoms with Crippen LogP contribution in [0.15, 0.2) is 24.4 Å². The molecule has 4 nitrogen and oxygen atoms in total. The van der Waals surface area contributed by atoms with E-state index in [0.29, 0.717) is 5.02 Å². The summed E-state index contributed by atoms with van der Waals surface area (Å²) in [7, 11) is 1.68. The molecule has 19 heavy (non-hydrogen) atoms. The fraction of sp³-hybridized carbons (Fsp3) is 0.357. The topological polar surface area (TPSA) is 34.6 Å². The predicted octanol–water partition coefficient (Wildman–Crippen LogP) is 2.73. The van der Waals surface area contributed by atoms with E-state index in [2.05, 4.69) is 16.0 Å². The molecule has 100 valence electrons. The number of hydrogen-bond donors (Lipinski definition) is 0. The molecule has 0 saturated carbocycles. The Balaban J connectivity index is 2.13. The molecule has 1 aliphatic heterocycles. The number of ether oxygens (including phenoxy) is 2. The van der Waals surface area contributed by atoms with E-state index in [0.717, 1.165) is 48.6 Å². The number of aromatic nitrogens is 1. The van der Waals surface area contributed by atoms with Gasteiger partial charge in [-0.25, -0.2) is 0 Å². The van der Waals surface area contributed by atoms with E-state index in [1.165, 1.54) is 0 Å². The SMILES string of the molecule is COc1cc2nccc(Cl)c2cc1N1CCOCC1. The van der Waals surface area contributed by atoms with Gasteiger partial charge in [-0.05, 0) is 12.1 Å². The van der Waals surface area contributed by atoms with Crippen LogP contribution >= 0.6 is 11.6 Å². The van der Waals surface area contributed by atoms with Gasteiger partial charge < -0.3 is 14.4 Å². The van der Waals surface area contributed by atoms with Gasteiger partial charge >= 0.3 is 0 Å². The van der Waals surface area contributed by atoms with Crippen molar-refractivity contribution >= 4 is 28.2 Å². The number of nitrogens with zero attached hydrogens (tertiary/aromatic N) is 2. The van der Waals surface area contributed by atoms with E-state index in [1.54, 1.807) is 19.4 Å². The molecule has 1 aromatic heterocycles. The van der Waals surface area contributed by atoms with Crippen LogP contribution in [0.2, 0.25) is 5.02 Å². The standard InChI is InChI=1S/C14H15ClN2O2/c1-18-14-9-12-10(11(15)2-3-16-12)8-13(14)17-4-6-19-7-5-17/h2-3,8-9H,4-7H2,1H3. The highest BCUT2D eigenvalue weighted by Crippen LogP contribution is 2.35. The van der Waals surface area contributed by atoms with Crippen LogP contribution < -0.4 is 9.64 Å². The van der Waals surface area contributed by atoms with E-state index < -0.39 is 0 Å². The molecule has 0 radical (unpaired) electrons. The molecule has 3 rings (SSSR count). The minimum absolute atomic E-state index is 0.710. The van der Waals surface area contributed by atoms with Gasteiger partial charge in [0.2, 0.25) is 0 Å². The number of morpholine rings is 1. The van der Waals surface area contributed by atoms with Gasteiger partial charge in [0, 0.05) is 30.7 Å². The zero-order chi connectivity index (χ0) is 13.2. The van der Waals surface area contributed by atoms with Crippen LogP contribution in [0, 0.1) is 0 Å². The summed E-state index contributed by atoms with van der Waals surface area (Å²) in [5.74, 6) is 0.823. The molecule has 1 fully saturated rings. The Morgan fingerprint density at radius 2 is 2.11 bits per heavy atom. The molecule has 0 atom stereocenters. The third kappa shape index (κ3) is 2.33. The van der Waals surface area contributed by atoms with Crippen LogP contribution in [0.25, 0.3) is 10.9 Å². The molecule has 0 N–H and O–H groups in total. The van der Waals surface area contributed by atoms with Crippen molar-refractivity contribution in [2.45, 2.75) is 0 Å². The smallest absolute Gasteiger partial charge is 0.144 e. The average Bonchev–Trinajstić information content (AvgIpc) is 2.47. The largest absolute Gasteiger partial charge is 0.495 e. The first-order chi connectivity index (χ1) is 9.29. The monoisotopic (exact) mass is 278 g/mol. The first kappa shape index (κ1) is 12.5. The third-order valence-electron chi connectivity index (χ3n) is 3.34. The molecule has 0 bridgehead atoms. The highest BCUT2D eigenvalue weighted by molar-refractivity contribution is 6.35. The van der Waals surface area contributed by atoms with Gasteiger partial charge in [-0.3, -0.25) is 4.98 Å². The normalized spacial score (nSPS) is 15.8. The van der Waals surface area contributed by atoms with E-state index in [9.17, 15) is 0 Å². The molecule has 2 aromatic rings. The van der Waals surface area contributed by atoms with Crippen molar-refractivity contribution in [3.05, 3.63) is 29.4 Å². The van der Waals surface area contributed by atoms with E-state index in [1.807, 2.05) is 6.07 Å². The lowest BCUT2D eigenvalue weighted by molar-refractivity contribution is 0.122. The molecule has 5 heteroatoms. The summed E-state index contributed by atoms with van der Waals surface area (Å²) < 4.78 is 10.9. The Labute approximate surface area is 116 Å². The van der Waals surface area contributed by atoms with Gasteiger partial charge in [-0.2, -0.15) is 0 Å². The van der Waals surface area contributed by atoms with Crippen molar-refractivity contribution in [1.82, 2.24) is 4.98 Å². The van der Waals surface area contributed by atoms with Crippen LogP contribution in [0.5, 0.6) is 5.75 Å². The minimum atomic E-state index is 0.710. The number of fused-ring (bicyclic) bond motifs is 1. The van der Waals surface area contributed by atoms with Crippen molar-refractivity contribution < 1.29 is 9.47 Å². The number of methoxy groups -OCH3 is 1. The molecule has 1 aliphatic rings. The molecule has 0 spiro atoms. The van der Waals surface area contributed by atoms with E-state index in [-0.39, 0.29) is 0 Å². The maximum absolute atomic E-state index is 6.24. The number of halogens is 1. The van der Waals surface area contributed by atoms with Crippen LogP contribution in [0.1, 0.15) is 0 Å². The number of rotatable bonds is 2. The van der Waals surface area contributed by atoms with Crippen LogP contribution in [-0.2, 0) is 4.74 Å². The third-order valence-corrected chi connectivity index (χ3v) is 3.67. The fourth-order valence-corrected chi connectivity index (χ4v) is 2.55.